The van der Waals surface area contributed by atoms with Gasteiger partial charge in [-0.15, -0.1) is 0 Å². The number of fused-ring (bicyclic) bond motifs is 2. The monoisotopic (exact) mass is 351 g/mol. The van der Waals surface area contributed by atoms with Crippen LogP contribution >= 0.6 is 11.6 Å². The van der Waals surface area contributed by atoms with Crippen LogP contribution < -0.4 is 10.2 Å². The van der Waals surface area contributed by atoms with E-state index in [1.807, 2.05) is 49.5 Å². The normalized spacial score (nSPS) is 16.6. The maximum Gasteiger partial charge on any atom is 0.232 e. The second-order valence-corrected chi connectivity index (χ2v) is 6.80. The number of benzene rings is 2. The summed E-state index contributed by atoms with van der Waals surface area (Å²) < 4.78 is 0. The molecule has 1 N–H and O–H groups in total. The molecule has 2 heterocycles. The van der Waals surface area contributed by atoms with E-state index in [0.717, 1.165) is 40.7 Å². The predicted molar refractivity (Wildman–Crippen MR) is 102 cm³/mol. The number of hydrogen-bond acceptors (Lipinski definition) is 3. The number of carbonyl (C=O) groups excluding carboxylic acids is 1. The van der Waals surface area contributed by atoms with Crippen LogP contribution in [0.5, 0.6) is 0 Å². The number of nitrogens with one attached hydrogen (secondary N) is 1. The second-order valence-electron chi connectivity index (χ2n) is 6.36. The maximum absolute atomic E-state index is 13.0. The van der Waals surface area contributed by atoms with Crippen LogP contribution in [-0.2, 0) is 4.79 Å². The van der Waals surface area contributed by atoms with Gasteiger partial charge in [0.2, 0.25) is 5.91 Å². The summed E-state index contributed by atoms with van der Waals surface area (Å²) in [5.41, 5.74) is 2.78. The van der Waals surface area contributed by atoms with E-state index < -0.39 is 0 Å². The highest BCUT2D eigenvalue weighted by molar-refractivity contribution is 6.30. The van der Waals surface area contributed by atoms with Crippen molar-refractivity contribution < 1.29 is 4.79 Å². The number of amides is 1. The summed E-state index contributed by atoms with van der Waals surface area (Å²) in [4.78, 5) is 19.4. The Bertz CT molecular complexity index is 951. The molecule has 2 aromatic carbocycles. The third kappa shape index (κ3) is 2.94. The summed E-state index contributed by atoms with van der Waals surface area (Å²) in [6.45, 7) is 0.834. The molecule has 1 atom stereocenters. The molecule has 25 heavy (non-hydrogen) atoms. The molecule has 0 fully saturated rings. The summed E-state index contributed by atoms with van der Waals surface area (Å²) in [5.74, 6) is -0.237. The lowest BCUT2D eigenvalue weighted by Gasteiger charge is -2.32. The zero-order chi connectivity index (χ0) is 17.4. The van der Waals surface area contributed by atoms with Crippen molar-refractivity contribution in [3.8, 4) is 0 Å². The molecule has 4 nitrogen and oxygen atoms in total. The Morgan fingerprint density at radius 2 is 2.08 bits per heavy atom. The third-order valence-corrected chi connectivity index (χ3v) is 5.01. The van der Waals surface area contributed by atoms with Crippen LogP contribution in [0.3, 0.4) is 0 Å². The van der Waals surface area contributed by atoms with Gasteiger partial charge in [0.15, 0.2) is 0 Å². The molecule has 3 aromatic rings. The fraction of sp³-hybridized carbons (Fsp3) is 0.200. The zero-order valence-corrected chi connectivity index (χ0v) is 14.6. The van der Waals surface area contributed by atoms with Gasteiger partial charge in [0, 0.05) is 41.3 Å². The lowest BCUT2D eigenvalue weighted by atomic mass is 9.89. The van der Waals surface area contributed by atoms with Crippen LogP contribution in [0.25, 0.3) is 10.8 Å². The number of rotatable bonds is 2. The molecule has 0 aliphatic carbocycles. The van der Waals surface area contributed by atoms with E-state index in [2.05, 4.69) is 15.2 Å². The third-order valence-electron chi connectivity index (χ3n) is 4.77. The molecule has 0 saturated carbocycles. The highest BCUT2D eigenvalue weighted by Gasteiger charge is 2.29. The Hall–Kier alpha value is -2.59. The molecule has 0 spiro atoms. The number of hydrogen-bond donors (Lipinski definition) is 1. The van der Waals surface area contributed by atoms with Crippen LogP contribution in [0.15, 0.2) is 54.9 Å². The van der Waals surface area contributed by atoms with Gasteiger partial charge in [0.05, 0.1) is 17.8 Å². The molecule has 0 saturated heterocycles. The minimum atomic E-state index is -0.219. The lowest BCUT2D eigenvalue weighted by molar-refractivity contribution is -0.117. The van der Waals surface area contributed by atoms with Crippen LogP contribution in [0.4, 0.5) is 11.4 Å². The molecule has 1 aliphatic heterocycles. The van der Waals surface area contributed by atoms with Crippen LogP contribution in [0, 0.1) is 0 Å². The minimum Gasteiger partial charge on any atom is -0.374 e. The second kappa shape index (κ2) is 6.37. The smallest absolute Gasteiger partial charge is 0.232 e. The first-order valence-electron chi connectivity index (χ1n) is 8.27. The number of pyridine rings is 1. The van der Waals surface area contributed by atoms with Crippen molar-refractivity contribution in [3.63, 3.8) is 0 Å². The number of anilines is 2. The molecule has 1 unspecified atom stereocenters. The van der Waals surface area contributed by atoms with E-state index in [1.165, 1.54) is 0 Å². The van der Waals surface area contributed by atoms with Gasteiger partial charge >= 0.3 is 0 Å². The highest BCUT2D eigenvalue weighted by atomic mass is 35.5. The Morgan fingerprint density at radius 3 is 2.96 bits per heavy atom. The summed E-state index contributed by atoms with van der Waals surface area (Å²) >= 11 is 6.17. The van der Waals surface area contributed by atoms with E-state index in [9.17, 15) is 4.79 Å². The number of carbonyl (C=O) groups is 1. The Balaban J connectivity index is 1.68. The van der Waals surface area contributed by atoms with Crippen molar-refractivity contribution in [2.24, 2.45) is 0 Å². The molecule has 0 radical (unpaired) electrons. The molecule has 4 rings (SSSR count). The van der Waals surface area contributed by atoms with Crippen molar-refractivity contribution in [3.05, 3.63) is 65.4 Å². The lowest BCUT2D eigenvalue weighted by Crippen LogP contribution is -2.32. The average molecular weight is 352 g/mol. The number of halogens is 1. The first-order valence-corrected chi connectivity index (χ1v) is 8.65. The fourth-order valence-electron chi connectivity index (χ4n) is 3.46. The van der Waals surface area contributed by atoms with Crippen molar-refractivity contribution in [1.29, 1.82) is 0 Å². The molecule has 0 bridgehead atoms. The summed E-state index contributed by atoms with van der Waals surface area (Å²) in [6.07, 6.45) is 4.26. The van der Waals surface area contributed by atoms with Crippen molar-refractivity contribution in [2.75, 3.05) is 23.8 Å². The Morgan fingerprint density at radius 1 is 1.24 bits per heavy atom. The van der Waals surface area contributed by atoms with Crippen LogP contribution in [-0.4, -0.2) is 24.5 Å². The van der Waals surface area contributed by atoms with Crippen molar-refractivity contribution >= 4 is 39.7 Å². The van der Waals surface area contributed by atoms with Crippen molar-refractivity contribution in [2.45, 2.75) is 12.3 Å². The summed E-state index contributed by atoms with van der Waals surface area (Å²) in [7, 11) is 2.04. The summed E-state index contributed by atoms with van der Waals surface area (Å²) in [5, 5.41) is 5.72. The first-order chi connectivity index (χ1) is 12.1. The number of nitrogens with zero attached hydrogens (tertiary/aromatic N) is 2. The Labute approximate surface area is 151 Å². The van der Waals surface area contributed by atoms with Crippen LogP contribution in [0.1, 0.15) is 17.9 Å². The van der Waals surface area contributed by atoms with Gasteiger partial charge in [-0.2, -0.15) is 0 Å². The van der Waals surface area contributed by atoms with Gasteiger partial charge in [-0.1, -0.05) is 35.9 Å². The van der Waals surface area contributed by atoms with E-state index in [-0.39, 0.29) is 11.8 Å². The molecule has 126 valence electrons. The largest absolute Gasteiger partial charge is 0.374 e. The van der Waals surface area contributed by atoms with E-state index in [0.29, 0.717) is 5.02 Å². The molecule has 1 amide bonds. The zero-order valence-electron chi connectivity index (χ0n) is 13.9. The van der Waals surface area contributed by atoms with E-state index >= 15 is 0 Å². The molecule has 1 aromatic heterocycles. The van der Waals surface area contributed by atoms with Gasteiger partial charge in [-0.25, -0.2) is 0 Å². The number of aromatic nitrogens is 1. The highest BCUT2D eigenvalue weighted by Crippen LogP contribution is 2.37. The fourth-order valence-corrected chi connectivity index (χ4v) is 3.64. The standard InChI is InChI=1S/C20H18ClN3O/c1-24-9-8-16(17-10-14(21)6-7-19(17)24)20(25)23-18-12-22-11-13-4-2-3-5-15(13)18/h2-7,10-12,16H,8-9H2,1H3,(H,23,25). The SMILES string of the molecule is CN1CCC(C(=O)Nc2cncc3ccccc23)c2cc(Cl)ccc21. The molecular formula is C20H18ClN3O. The van der Waals surface area contributed by atoms with Gasteiger partial charge in [0.1, 0.15) is 0 Å². The quantitative estimate of drug-likeness (QED) is 0.741. The van der Waals surface area contributed by atoms with Gasteiger partial charge in [0.25, 0.3) is 0 Å². The molecule has 1 aliphatic rings. The summed E-state index contributed by atoms with van der Waals surface area (Å²) in [6, 6.07) is 13.7. The minimum absolute atomic E-state index is 0.0187. The predicted octanol–water partition coefficient (Wildman–Crippen LogP) is 4.45. The van der Waals surface area contributed by atoms with Gasteiger partial charge < -0.3 is 10.2 Å². The molecular weight excluding hydrogens is 334 g/mol. The van der Waals surface area contributed by atoms with Gasteiger partial charge in [-0.05, 0) is 30.2 Å². The van der Waals surface area contributed by atoms with Crippen LogP contribution in [0.2, 0.25) is 5.02 Å². The first kappa shape index (κ1) is 15.9. The average Bonchev–Trinajstić information content (AvgIpc) is 2.62. The maximum atomic E-state index is 13.0. The molecule has 5 heteroatoms. The van der Waals surface area contributed by atoms with E-state index in [1.54, 1.807) is 12.4 Å². The van der Waals surface area contributed by atoms with Crippen molar-refractivity contribution in [1.82, 2.24) is 4.98 Å². The van der Waals surface area contributed by atoms with Gasteiger partial charge in [-0.3, -0.25) is 9.78 Å². The van der Waals surface area contributed by atoms with E-state index in [4.69, 9.17) is 11.6 Å². The topological polar surface area (TPSA) is 45.2 Å². The Kier molecular flexibility index (Phi) is 4.06.